The van der Waals surface area contributed by atoms with Crippen LogP contribution in [-0.2, 0) is 9.59 Å². The van der Waals surface area contributed by atoms with E-state index in [1.54, 1.807) is 0 Å². The molecule has 0 amide bonds. The summed E-state index contributed by atoms with van der Waals surface area (Å²) in [5.41, 5.74) is 0. The molecule has 0 aliphatic heterocycles. The highest BCUT2D eigenvalue weighted by Crippen LogP contribution is 2.48. The van der Waals surface area contributed by atoms with E-state index in [2.05, 4.69) is 0 Å². The smallest absolute Gasteiger partial charge is 0.307 e. The maximum atomic E-state index is 11.2. The van der Waals surface area contributed by atoms with Crippen LogP contribution in [-0.4, -0.2) is 22.2 Å². The Labute approximate surface area is 94.7 Å². The van der Waals surface area contributed by atoms with Gasteiger partial charge in [0, 0.05) is 0 Å². The van der Waals surface area contributed by atoms with Crippen LogP contribution in [0.1, 0.15) is 38.5 Å². The zero-order valence-corrected chi connectivity index (χ0v) is 9.26. The summed E-state index contributed by atoms with van der Waals surface area (Å²) in [5.74, 6) is -2.74. The first-order valence-electron chi connectivity index (χ1n) is 6.07. The van der Waals surface area contributed by atoms with Gasteiger partial charge < -0.3 is 10.2 Å². The minimum absolute atomic E-state index is 0.0982. The van der Waals surface area contributed by atoms with E-state index in [1.807, 2.05) is 0 Å². The highest BCUT2D eigenvalue weighted by Gasteiger charge is 2.49. The first-order valence-corrected chi connectivity index (χ1v) is 6.07. The molecule has 4 nitrogen and oxygen atoms in total. The van der Waals surface area contributed by atoms with Crippen molar-refractivity contribution in [3.05, 3.63) is 0 Å². The van der Waals surface area contributed by atoms with Crippen LogP contribution >= 0.6 is 0 Å². The van der Waals surface area contributed by atoms with Gasteiger partial charge in [-0.2, -0.15) is 0 Å². The van der Waals surface area contributed by atoms with Crippen LogP contribution in [0.4, 0.5) is 0 Å². The maximum Gasteiger partial charge on any atom is 0.307 e. The second kappa shape index (κ2) is 4.44. The molecule has 2 fully saturated rings. The molecule has 0 saturated heterocycles. The van der Waals surface area contributed by atoms with Crippen LogP contribution in [0.3, 0.4) is 0 Å². The summed E-state index contributed by atoms with van der Waals surface area (Å²) >= 11 is 0. The van der Waals surface area contributed by atoms with Crippen LogP contribution < -0.4 is 0 Å². The minimum Gasteiger partial charge on any atom is -0.481 e. The monoisotopic (exact) mass is 226 g/mol. The summed E-state index contributed by atoms with van der Waals surface area (Å²) in [6.07, 6.45) is 5.81. The lowest BCUT2D eigenvalue weighted by Gasteiger charge is -2.20. The topological polar surface area (TPSA) is 74.6 Å². The summed E-state index contributed by atoms with van der Waals surface area (Å²) in [6, 6.07) is 0. The molecule has 0 heterocycles. The average molecular weight is 226 g/mol. The number of aliphatic carboxylic acids is 2. The quantitative estimate of drug-likeness (QED) is 0.755. The number of hydrogen-bond donors (Lipinski definition) is 2. The lowest BCUT2D eigenvalue weighted by molar-refractivity contribution is -0.153. The van der Waals surface area contributed by atoms with Gasteiger partial charge in [0.1, 0.15) is 0 Å². The third kappa shape index (κ3) is 1.93. The Balaban J connectivity index is 2.21. The molecule has 0 aromatic rings. The van der Waals surface area contributed by atoms with Crippen molar-refractivity contribution in [3.63, 3.8) is 0 Å². The molecule has 4 heteroatoms. The largest absolute Gasteiger partial charge is 0.481 e. The Kier molecular flexibility index (Phi) is 3.17. The number of rotatable bonds is 2. The molecule has 0 bridgehead atoms. The van der Waals surface area contributed by atoms with Gasteiger partial charge in [-0.05, 0) is 24.7 Å². The van der Waals surface area contributed by atoms with Crippen molar-refractivity contribution < 1.29 is 19.8 Å². The Morgan fingerprint density at radius 2 is 1.62 bits per heavy atom. The van der Waals surface area contributed by atoms with Crippen molar-refractivity contribution in [1.82, 2.24) is 0 Å². The molecule has 4 atom stereocenters. The van der Waals surface area contributed by atoms with Gasteiger partial charge in [0.05, 0.1) is 11.8 Å². The van der Waals surface area contributed by atoms with Gasteiger partial charge in [0.15, 0.2) is 0 Å². The van der Waals surface area contributed by atoms with E-state index in [4.69, 9.17) is 5.11 Å². The van der Waals surface area contributed by atoms with Gasteiger partial charge in [0.25, 0.3) is 0 Å². The predicted molar refractivity (Wildman–Crippen MR) is 56.9 cm³/mol. The Bertz CT molecular complexity index is 299. The van der Waals surface area contributed by atoms with Gasteiger partial charge >= 0.3 is 11.9 Å². The SMILES string of the molecule is O=C(O)C1CC2CCCCCC2C1C(=O)O. The molecule has 0 aromatic heterocycles. The number of carbonyl (C=O) groups is 2. The predicted octanol–water partition coefficient (Wildman–Crippen LogP) is 1.99. The van der Waals surface area contributed by atoms with Crippen LogP contribution in [0.5, 0.6) is 0 Å². The van der Waals surface area contributed by atoms with Crippen LogP contribution in [0.25, 0.3) is 0 Å². The lowest BCUT2D eigenvalue weighted by Crippen LogP contribution is -2.29. The van der Waals surface area contributed by atoms with Crippen LogP contribution in [0, 0.1) is 23.7 Å². The number of carboxylic acids is 2. The fourth-order valence-electron chi connectivity index (χ4n) is 3.56. The van der Waals surface area contributed by atoms with Crippen molar-refractivity contribution in [3.8, 4) is 0 Å². The molecular weight excluding hydrogens is 208 g/mol. The van der Waals surface area contributed by atoms with Gasteiger partial charge in [-0.25, -0.2) is 0 Å². The Morgan fingerprint density at radius 3 is 2.25 bits per heavy atom. The summed E-state index contributed by atoms with van der Waals surface area (Å²) in [5, 5.41) is 18.3. The molecule has 4 unspecified atom stereocenters. The summed E-state index contributed by atoms with van der Waals surface area (Å²) < 4.78 is 0. The van der Waals surface area contributed by atoms with Crippen molar-refractivity contribution in [2.24, 2.45) is 23.7 Å². The molecule has 2 aliphatic rings. The molecule has 0 radical (unpaired) electrons. The van der Waals surface area contributed by atoms with E-state index in [0.717, 1.165) is 32.1 Å². The molecule has 0 spiro atoms. The molecular formula is C12H18O4. The van der Waals surface area contributed by atoms with Crippen molar-refractivity contribution in [2.45, 2.75) is 38.5 Å². The standard InChI is InChI=1S/C12H18O4/c13-11(14)9-6-7-4-2-1-3-5-8(7)10(9)12(15)16/h7-10H,1-6H2,(H,13,14)(H,15,16). The fourth-order valence-corrected chi connectivity index (χ4v) is 3.56. The van der Waals surface area contributed by atoms with E-state index >= 15 is 0 Å². The second-order valence-electron chi connectivity index (χ2n) is 5.11. The van der Waals surface area contributed by atoms with Gasteiger partial charge in [0.2, 0.25) is 0 Å². The molecule has 2 saturated carbocycles. The number of hydrogen-bond acceptors (Lipinski definition) is 2. The molecule has 90 valence electrons. The van der Waals surface area contributed by atoms with Crippen LogP contribution in [0.2, 0.25) is 0 Å². The summed E-state index contributed by atoms with van der Waals surface area (Å²) in [4.78, 5) is 22.3. The second-order valence-corrected chi connectivity index (χ2v) is 5.11. The van der Waals surface area contributed by atoms with E-state index in [9.17, 15) is 14.7 Å². The fraction of sp³-hybridized carbons (Fsp3) is 0.833. The number of fused-ring (bicyclic) bond motifs is 1. The minimum atomic E-state index is -0.930. The maximum absolute atomic E-state index is 11.2. The molecule has 2 rings (SSSR count). The van der Waals surface area contributed by atoms with Gasteiger partial charge in [-0.1, -0.05) is 25.7 Å². The Morgan fingerprint density at radius 1 is 0.938 bits per heavy atom. The van der Waals surface area contributed by atoms with E-state index in [0.29, 0.717) is 12.3 Å². The zero-order valence-electron chi connectivity index (χ0n) is 9.26. The first kappa shape index (κ1) is 11.4. The van der Waals surface area contributed by atoms with Crippen molar-refractivity contribution >= 4 is 11.9 Å². The molecule has 16 heavy (non-hydrogen) atoms. The van der Waals surface area contributed by atoms with Gasteiger partial charge in [-0.3, -0.25) is 9.59 Å². The van der Waals surface area contributed by atoms with Crippen molar-refractivity contribution in [1.29, 1.82) is 0 Å². The molecule has 2 N–H and O–H groups in total. The van der Waals surface area contributed by atoms with Crippen molar-refractivity contribution in [2.75, 3.05) is 0 Å². The third-order valence-corrected chi connectivity index (χ3v) is 4.27. The lowest BCUT2D eigenvalue weighted by atomic mass is 9.84. The van der Waals surface area contributed by atoms with E-state index in [-0.39, 0.29) is 5.92 Å². The summed E-state index contributed by atoms with van der Waals surface area (Å²) in [6.45, 7) is 0. The third-order valence-electron chi connectivity index (χ3n) is 4.27. The average Bonchev–Trinajstić information content (AvgIpc) is 2.43. The molecule has 0 aromatic carbocycles. The zero-order chi connectivity index (χ0) is 11.7. The van der Waals surface area contributed by atoms with Crippen LogP contribution in [0.15, 0.2) is 0 Å². The van der Waals surface area contributed by atoms with E-state index in [1.165, 1.54) is 0 Å². The Hall–Kier alpha value is -1.06. The van der Waals surface area contributed by atoms with Gasteiger partial charge in [-0.15, -0.1) is 0 Å². The number of carboxylic acid groups (broad SMARTS) is 2. The summed E-state index contributed by atoms with van der Waals surface area (Å²) in [7, 11) is 0. The normalized spacial score (nSPS) is 38.8. The first-order chi connectivity index (χ1) is 7.61. The van der Waals surface area contributed by atoms with E-state index < -0.39 is 23.8 Å². The highest BCUT2D eigenvalue weighted by molar-refractivity contribution is 5.81. The highest BCUT2D eigenvalue weighted by atomic mass is 16.4. The molecule has 2 aliphatic carbocycles.